The molecular formula is C18H16F2IN5O2. The van der Waals surface area contributed by atoms with Crippen molar-refractivity contribution in [1.82, 2.24) is 15.0 Å². The zero-order valence-electron chi connectivity index (χ0n) is 15.0. The highest BCUT2D eigenvalue weighted by Gasteiger charge is 2.10. The van der Waals surface area contributed by atoms with Gasteiger partial charge in [-0.05, 0) is 24.3 Å². The molecule has 0 aliphatic rings. The van der Waals surface area contributed by atoms with Crippen LogP contribution in [0.4, 0.5) is 32.1 Å². The number of methoxy groups -OCH3 is 2. The Kier molecular flexibility index (Phi) is 6.39. The van der Waals surface area contributed by atoms with Gasteiger partial charge in [0.15, 0.2) is 23.1 Å². The van der Waals surface area contributed by atoms with E-state index in [1.54, 1.807) is 12.1 Å². The summed E-state index contributed by atoms with van der Waals surface area (Å²) in [4.78, 5) is 12.8. The van der Waals surface area contributed by atoms with Gasteiger partial charge in [-0.15, -0.1) is 0 Å². The standard InChI is InChI=1S/C18H16F2IN5O2/c1-27-14-5-3-10(7-12(14)19)22-17-24-16(9-21)25-18(26-17)23-11-4-6-15(28-2)13(20)8-11/h3-8H,9H2,1-2H3,(H2,22,23,24,25,26). The molecule has 0 fully saturated rings. The summed E-state index contributed by atoms with van der Waals surface area (Å²) in [6.45, 7) is 0. The van der Waals surface area contributed by atoms with Crippen LogP contribution in [0.3, 0.4) is 0 Å². The molecule has 0 bridgehead atoms. The number of nitrogens with one attached hydrogen (secondary N) is 2. The van der Waals surface area contributed by atoms with E-state index in [0.29, 0.717) is 21.6 Å². The van der Waals surface area contributed by atoms with Crippen LogP contribution in [0, 0.1) is 11.6 Å². The van der Waals surface area contributed by atoms with E-state index in [1.807, 2.05) is 0 Å². The molecule has 0 aliphatic heterocycles. The molecule has 28 heavy (non-hydrogen) atoms. The second kappa shape index (κ2) is 8.95. The first-order chi connectivity index (χ1) is 13.5. The first-order valence-electron chi connectivity index (χ1n) is 8.04. The highest BCUT2D eigenvalue weighted by Crippen LogP contribution is 2.25. The van der Waals surface area contributed by atoms with E-state index in [2.05, 4.69) is 48.2 Å². The number of ether oxygens (including phenoxy) is 2. The lowest BCUT2D eigenvalue weighted by atomic mass is 10.3. The Morgan fingerprint density at radius 1 is 0.821 bits per heavy atom. The Balaban J connectivity index is 1.85. The first kappa shape index (κ1) is 20.0. The van der Waals surface area contributed by atoms with Gasteiger partial charge in [0.05, 0.1) is 18.6 Å². The Morgan fingerprint density at radius 3 is 1.64 bits per heavy atom. The topological polar surface area (TPSA) is 81.2 Å². The maximum Gasteiger partial charge on any atom is 0.232 e. The molecule has 3 rings (SSSR count). The Morgan fingerprint density at radius 2 is 1.29 bits per heavy atom. The summed E-state index contributed by atoms with van der Waals surface area (Å²) < 4.78 is 38.1. The fourth-order valence-corrected chi connectivity index (χ4v) is 2.68. The van der Waals surface area contributed by atoms with Crippen molar-refractivity contribution in [1.29, 1.82) is 0 Å². The molecule has 7 nitrogen and oxygen atoms in total. The maximum absolute atomic E-state index is 13.9. The fourth-order valence-electron chi connectivity index (χ4n) is 2.34. The van der Waals surface area contributed by atoms with E-state index in [9.17, 15) is 8.78 Å². The highest BCUT2D eigenvalue weighted by molar-refractivity contribution is 14.1. The lowest BCUT2D eigenvalue weighted by Gasteiger charge is -2.11. The number of nitrogens with zero attached hydrogens (tertiary/aromatic N) is 3. The molecule has 0 unspecified atom stereocenters. The van der Waals surface area contributed by atoms with Gasteiger partial charge >= 0.3 is 0 Å². The van der Waals surface area contributed by atoms with Crippen LogP contribution in [0.15, 0.2) is 36.4 Å². The minimum absolute atomic E-state index is 0.137. The number of benzene rings is 2. The summed E-state index contributed by atoms with van der Waals surface area (Å²) in [7, 11) is 2.79. The van der Waals surface area contributed by atoms with Crippen LogP contribution in [0.1, 0.15) is 5.82 Å². The third-order valence-corrected chi connectivity index (χ3v) is 4.30. The van der Waals surface area contributed by atoms with Gasteiger partial charge in [0, 0.05) is 23.5 Å². The van der Waals surface area contributed by atoms with Gasteiger partial charge in [0.25, 0.3) is 0 Å². The lowest BCUT2D eigenvalue weighted by Crippen LogP contribution is -2.07. The van der Waals surface area contributed by atoms with Crippen LogP contribution < -0.4 is 20.1 Å². The number of alkyl halides is 1. The summed E-state index contributed by atoms with van der Waals surface area (Å²) in [5.41, 5.74) is 0.899. The number of halogens is 3. The van der Waals surface area contributed by atoms with Crippen molar-refractivity contribution in [3.05, 3.63) is 53.9 Å². The number of hydrogen-bond acceptors (Lipinski definition) is 7. The Hall–Kier alpha value is -2.76. The van der Waals surface area contributed by atoms with Gasteiger partial charge in [0.1, 0.15) is 5.82 Å². The zero-order chi connectivity index (χ0) is 20.1. The number of aromatic nitrogens is 3. The molecule has 3 aromatic rings. The Bertz CT molecular complexity index is 916. The fraction of sp³-hybridized carbons (Fsp3) is 0.167. The van der Waals surface area contributed by atoms with Crippen molar-refractivity contribution < 1.29 is 18.3 Å². The SMILES string of the molecule is COc1ccc(Nc2nc(CI)nc(Nc3ccc(OC)c(F)c3)n2)cc1F. The van der Waals surface area contributed by atoms with Crippen LogP contribution in [-0.2, 0) is 4.43 Å². The van der Waals surface area contributed by atoms with Crippen LogP contribution in [0.5, 0.6) is 11.5 Å². The van der Waals surface area contributed by atoms with Gasteiger partial charge in [0.2, 0.25) is 11.9 Å². The third-order valence-electron chi connectivity index (χ3n) is 3.62. The van der Waals surface area contributed by atoms with E-state index in [1.165, 1.54) is 38.5 Å². The molecule has 0 saturated carbocycles. The van der Waals surface area contributed by atoms with E-state index in [4.69, 9.17) is 9.47 Å². The number of rotatable bonds is 7. The molecule has 1 heterocycles. The average Bonchev–Trinajstić information content (AvgIpc) is 2.68. The number of anilines is 4. The summed E-state index contributed by atoms with van der Waals surface area (Å²) in [5.74, 6) is 0.204. The van der Waals surface area contributed by atoms with Crippen LogP contribution in [0.2, 0.25) is 0 Å². The second-order valence-corrected chi connectivity index (χ2v) is 6.24. The van der Waals surface area contributed by atoms with E-state index < -0.39 is 11.6 Å². The van der Waals surface area contributed by atoms with Crippen molar-refractivity contribution >= 4 is 45.9 Å². The van der Waals surface area contributed by atoms with E-state index >= 15 is 0 Å². The van der Waals surface area contributed by atoms with E-state index in [0.717, 1.165) is 0 Å². The van der Waals surface area contributed by atoms with Crippen molar-refractivity contribution in [2.45, 2.75) is 4.43 Å². The predicted octanol–water partition coefficient (Wildman–Crippen LogP) is 4.59. The monoisotopic (exact) mass is 499 g/mol. The minimum atomic E-state index is -0.511. The minimum Gasteiger partial charge on any atom is -0.494 e. The molecule has 2 aromatic carbocycles. The molecule has 2 N–H and O–H groups in total. The second-order valence-electron chi connectivity index (χ2n) is 5.48. The van der Waals surface area contributed by atoms with Gasteiger partial charge in [-0.2, -0.15) is 15.0 Å². The molecular weight excluding hydrogens is 483 g/mol. The average molecular weight is 499 g/mol. The van der Waals surface area contributed by atoms with Crippen LogP contribution in [0.25, 0.3) is 0 Å². The maximum atomic E-state index is 13.9. The zero-order valence-corrected chi connectivity index (χ0v) is 17.1. The molecule has 0 atom stereocenters. The molecule has 0 saturated heterocycles. The quantitative estimate of drug-likeness (QED) is 0.364. The summed E-state index contributed by atoms with van der Waals surface area (Å²) in [5, 5.41) is 5.86. The molecule has 10 heteroatoms. The third kappa shape index (κ3) is 4.74. The smallest absolute Gasteiger partial charge is 0.232 e. The van der Waals surface area contributed by atoms with Crippen molar-refractivity contribution in [3.8, 4) is 11.5 Å². The summed E-state index contributed by atoms with van der Waals surface area (Å²) >= 11 is 2.12. The summed E-state index contributed by atoms with van der Waals surface area (Å²) in [6.07, 6.45) is 0. The van der Waals surface area contributed by atoms with Gasteiger partial charge in [-0.25, -0.2) is 8.78 Å². The normalized spacial score (nSPS) is 10.5. The lowest BCUT2D eigenvalue weighted by molar-refractivity contribution is 0.386. The molecule has 1 aromatic heterocycles. The molecule has 0 spiro atoms. The number of hydrogen-bond donors (Lipinski definition) is 2. The molecule has 146 valence electrons. The van der Waals surface area contributed by atoms with Crippen molar-refractivity contribution in [3.63, 3.8) is 0 Å². The highest BCUT2D eigenvalue weighted by atomic mass is 127. The molecule has 0 amide bonds. The van der Waals surface area contributed by atoms with E-state index in [-0.39, 0.29) is 23.4 Å². The van der Waals surface area contributed by atoms with Gasteiger partial charge < -0.3 is 20.1 Å². The molecule has 0 radical (unpaired) electrons. The predicted molar refractivity (Wildman–Crippen MR) is 110 cm³/mol. The van der Waals surface area contributed by atoms with Crippen molar-refractivity contribution in [2.75, 3.05) is 24.9 Å². The Labute approximate surface area is 173 Å². The largest absolute Gasteiger partial charge is 0.494 e. The first-order valence-corrected chi connectivity index (χ1v) is 9.57. The van der Waals surface area contributed by atoms with Crippen LogP contribution >= 0.6 is 22.6 Å². The molecule has 0 aliphatic carbocycles. The van der Waals surface area contributed by atoms with Crippen LogP contribution in [-0.4, -0.2) is 29.2 Å². The van der Waals surface area contributed by atoms with Crippen molar-refractivity contribution in [2.24, 2.45) is 0 Å². The summed E-state index contributed by atoms with van der Waals surface area (Å²) in [6, 6.07) is 8.83. The van der Waals surface area contributed by atoms with Gasteiger partial charge in [-0.3, -0.25) is 0 Å². The van der Waals surface area contributed by atoms with Gasteiger partial charge in [-0.1, -0.05) is 22.6 Å².